The van der Waals surface area contributed by atoms with Crippen molar-refractivity contribution in [3.8, 4) is 5.75 Å². The van der Waals surface area contributed by atoms with Crippen LogP contribution in [0.4, 0.5) is 26.5 Å². The highest BCUT2D eigenvalue weighted by molar-refractivity contribution is 5.95. The normalized spacial score (nSPS) is 25.4. The number of carbonyl (C=O) groups excluding carboxylic acids is 1. The van der Waals surface area contributed by atoms with Crippen molar-refractivity contribution in [3.05, 3.63) is 77.9 Å². The van der Waals surface area contributed by atoms with Crippen LogP contribution in [0.5, 0.6) is 5.75 Å². The Hall–Kier alpha value is -4.79. The van der Waals surface area contributed by atoms with Gasteiger partial charge in [-0.25, -0.2) is 23.9 Å². The molecule has 13 nitrogen and oxygen atoms in total. The fraction of sp³-hybridized carbons (Fsp3) is 0.333. The molecule has 4 unspecified atom stereocenters. The van der Waals surface area contributed by atoms with Crippen molar-refractivity contribution in [2.24, 2.45) is 0 Å². The zero-order chi connectivity index (χ0) is 30.2. The molecule has 0 radical (unpaired) electrons. The minimum absolute atomic E-state index is 0.177. The lowest BCUT2D eigenvalue weighted by atomic mass is 10.1. The lowest BCUT2D eigenvalue weighted by Gasteiger charge is -2.28. The Labute approximate surface area is 251 Å². The van der Waals surface area contributed by atoms with Crippen LogP contribution in [0, 0.1) is 5.82 Å². The predicted octanol–water partition coefficient (Wildman–Crippen LogP) is 3.41. The zero-order valence-electron chi connectivity index (χ0n) is 23.3. The second-order valence-corrected chi connectivity index (χ2v) is 10.7. The van der Waals surface area contributed by atoms with Crippen molar-refractivity contribution in [2.75, 3.05) is 28.8 Å². The van der Waals surface area contributed by atoms with E-state index in [0.717, 1.165) is 24.5 Å². The van der Waals surface area contributed by atoms with Gasteiger partial charge in [0, 0.05) is 6.04 Å². The predicted molar refractivity (Wildman–Crippen MR) is 155 cm³/mol. The number of urea groups is 1. The van der Waals surface area contributed by atoms with E-state index in [1.54, 1.807) is 6.08 Å². The first-order valence-corrected chi connectivity index (χ1v) is 14.2. The Kier molecular flexibility index (Phi) is 7.46. The number of fused-ring (bicyclic) bond motifs is 2. The van der Waals surface area contributed by atoms with E-state index in [4.69, 9.17) is 18.9 Å². The molecule has 1 aromatic heterocycles. The Morgan fingerprint density at radius 3 is 2.70 bits per heavy atom. The van der Waals surface area contributed by atoms with Crippen molar-refractivity contribution in [3.63, 3.8) is 0 Å². The highest BCUT2D eigenvalue weighted by Crippen LogP contribution is 2.42. The van der Waals surface area contributed by atoms with Crippen molar-refractivity contribution >= 4 is 35.4 Å². The number of amides is 2. The summed E-state index contributed by atoms with van der Waals surface area (Å²) in [5.74, 6) is -1.70. The number of aromatic carboxylic acids is 1. The van der Waals surface area contributed by atoms with E-state index in [1.165, 1.54) is 18.5 Å². The highest BCUT2D eigenvalue weighted by Gasteiger charge is 2.55. The van der Waals surface area contributed by atoms with Crippen LogP contribution >= 0.6 is 0 Å². The molecule has 44 heavy (non-hydrogen) atoms. The number of benzene rings is 2. The molecule has 1 saturated carbocycles. The van der Waals surface area contributed by atoms with E-state index < -0.39 is 42.6 Å². The van der Waals surface area contributed by atoms with Crippen LogP contribution in [0.25, 0.3) is 6.08 Å². The number of nitrogens with zero attached hydrogens (tertiary/aromatic N) is 3. The summed E-state index contributed by atoms with van der Waals surface area (Å²) in [6, 6.07) is 13.2. The van der Waals surface area contributed by atoms with Gasteiger partial charge in [0.2, 0.25) is 0 Å². The molecule has 2 amide bonds. The molecular formula is C30H29FN6O7. The van der Waals surface area contributed by atoms with E-state index >= 15 is 0 Å². The molecule has 14 heteroatoms. The van der Waals surface area contributed by atoms with Gasteiger partial charge in [-0.2, -0.15) is 0 Å². The van der Waals surface area contributed by atoms with Crippen molar-refractivity contribution in [1.82, 2.24) is 15.3 Å². The largest absolute Gasteiger partial charge is 0.487 e. The minimum atomic E-state index is -1.32. The number of anilines is 3. The zero-order valence-corrected chi connectivity index (χ0v) is 23.3. The molecule has 0 bridgehead atoms. The molecule has 3 aliphatic heterocycles. The average Bonchev–Trinajstić information content (AvgIpc) is 3.42. The summed E-state index contributed by atoms with van der Waals surface area (Å²) in [4.78, 5) is 34.6. The molecule has 7 rings (SSSR count). The molecule has 5 atom stereocenters. The Morgan fingerprint density at radius 1 is 1.09 bits per heavy atom. The number of carboxylic acids is 1. The summed E-state index contributed by atoms with van der Waals surface area (Å²) >= 11 is 0. The van der Waals surface area contributed by atoms with Crippen LogP contribution in [0.1, 0.15) is 28.8 Å². The number of carbonyl (C=O) groups is 2. The number of carboxylic acid groups (broad SMARTS) is 1. The first-order chi connectivity index (χ1) is 21.4. The lowest BCUT2D eigenvalue weighted by Crippen LogP contribution is -2.44. The molecule has 3 fully saturated rings. The lowest BCUT2D eigenvalue weighted by molar-refractivity contribution is -0.113. The second kappa shape index (κ2) is 11.7. The van der Waals surface area contributed by atoms with Gasteiger partial charge in [0.25, 0.3) is 0 Å². The maximum Gasteiger partial charge on any atom is 0.339 e. The summed E-state index contributed by atoms with van der Waals surface area (Å²) in [5.41, 5.74) is 1.18. The number of para-hydroxylation sites is 1. The molecule has 1 aliphatic carbocycles. The fourth-order valence-electron chi connectivity index (χ4n) is 5.44. The second-order valence-electron chi connectivity index (χ2n) is 10.7. The van der Waals surface area contributed by atoms with Gasteiger partial charge in [0.05, 0.1) is 6.67 Å². The van der Waals surface area contributed by atoms with Crippen LogP contribution in [0.2, 0.25) is 0 Å². The first kappa shape index (κ1) is 28.0. The maximum absolute atomic E-state index is 14.6. The number of hydrogen-bond donors (Lipinski definition) is 4. The molecule has 4 aliphatic rings. The number of rotatable bonds is 9. The molecule has 2 aromatic carbocycles. The van der Waals surface area contributed by atoms with Crippen molar-refractivity contribution < 1.29 is 38.0 Å². The van der Waals surface area contributed by atoms with E-state index in [9.17, 15) is 19.1 Å². The number of halogens is 1. The molecular weight excluding hydrogens is 575 g/mol. The summed E-state index contributed by atoms with van der Waals surface area (Å²) in [5, 5.41) is 18.4. The summed E-state index contributed by atoms with van der Waals surface area (Å²) in [6.45, 7) is 0.0577. The van der Waals surface area contributed by atoms with Gasteiger partial charge < -0.3 is 39.6 Å². The molecule has 3 aromatic rings. The Balaban J connectivity index is 1.13. The van der Waals surface area contributed by atoms with Gasteiger partial charge in [-0.1, -0.05) is 42.5 Å². The van der Waals surface area contributed by atoms with Gasteiger partial charge in [-0.3, -0.25) is 5.32 Å². The van der Waals surface area contributed by atoms with Gasteiger partial charge in [-0.15, -0.1) is 0 Å². The summed E-state index contributed by atoms with van der Waals surface area (Å²) in [7, 11) is 0. The first-order valence-electron chi connectivity index (χ1n) is 14.2. The summed E-state index contributed by atoms with van der Waals surface area (Å²) < 4.78 is 39.3. The molecule has 228 valence electrons. The monoisotopic (exact) mass is 604 g/mol. The maximum atomic E-state index is 14.6. The average molecular weight is 605 g/mol. The van der Waals surface area contributed by atoms with Gasteiger partial charge in [-0.05, 0) is 36.6 Å². The van der Waals surface area contributed by atoms with Crippen LogP contribution in [-0.4, -0.2) is 77.2 Å². The van der Waals surface area contributed by atoms with E-state index in [1.807, 2.05) is 41.3 Å². The topological polar surface area (TPSA) is 156 Å². The molecule has 2 saturated heterocycles. The third kappa shape index (κ3) is 5.62. The van der Waals surface area contributed by atoms with Gasteiger partial charge in [0.15, 0.2) is 35.7 Å². The van der Waals surface area contributed by atoms with Crippen molar-refractivity contribution in [1.29, 1.82) is 0 Å². The third-order valence-corrected chi connectivity index (χ3v) is 7.68. The van der Waals surface area contributed by atoms with Crippen LogP contribution in [-0.2, 0) is 14.2 Å². The Morgan fingerprint density at radius 2 is 1.91 bits per heavy atom. The fourth-order valence-corrected chi connectivity index (χ4v) is 5.44. The van der Waals surface area contributed by atoms with Gasteiger partial charge in [0.1, 0.15) is 42.5 Å². The smallest absolute Gasteiger partial charge is 0.339 e. The van der Waals surface area contributed by atoms with E-state index in [0.29, 0.717) is 17.3 Å². The third-order valence-electron chi connectivity index (χ3n) is 7.68. The van der Waals surface area contributed by atoms with E-state index in [2.05, 4.69) is 25.9 Å². The quantitative estimate of drug-likeness (QED) is 0.284. The number of ether oxygens (including phenoxy) is 4. The number of hydrogen-bond acceptors (Lipinski definition) is 10. The van der Waals surface area contributed by atoms with Crippen LogP contribution in [0.3, 0.4) is 0 Å². The van der Waals surface area contributed by atoms with E-state index in [-0.39, 0.29) is 36.7 Å². The standard InChI is InChI=1S/C30H29FN6O7/c31-19-8-4-7-18(29(38)39)23(19)41-13-20-24-25(44-21(43-24)12-9-16-5-2-1-3-6-16)28(42-20)37-15-34-22-26(32-14-33-27(22)37)36-30(40)35-17-10-11-17/h1-9,12,14,17,20-21,24-25,28,34H,10-11,13,15H2,(H,38,39)(H2,32,33,35,36,40)/b12-9+/t20?,21-,24?,25?,28?/m0/s1. The Bertz CT molecular complexity index is 1590. The van der Waals surface area contributed by atoms with Crippen molar-refractivity contribution in [2.45, 2.75) is 49.7 Å². The number of nitrogens with one attached hydrogen (secondary N) is 3. The minimum Gasteiger partial charge on any atom is -0.487 e. The SMILES string of the molecule is O=C(Nc1ncnc2c1NCN2C1OC(COc2c(F)cccc2C(=O)O)C2O[C@H](/C=C/c3ccccc3)OC21)NC1CC1. The molecule has 4 heterocycles. The summed E-state index contributed by atoms with van der Waals surface area (Å²) in [6.07, 6.45) is 3.47. The highest BCUT2D eigenvalue weighted by atomic mass is 19.1. The van der Waals surface area contributed by atoms with Crippen LogP contribution < -0.4 is 25.6 Å². The molecule has 0 spiro atoms. The van der Waals surface area contributed by atoms with Crippen LogP contribution in [0.15, 0.2) is 60.9 Å². The van der Waals surface area contributed by atoms with Gasteiger partial charge >= 0.3 is 12.0 Å². The molecule has 4 N–H and O–H groups in total. The number of aromatic nitrogens is 2.